The number of sulfonamides is 1. The zero-order valence-electron chi connectivity index (χ0n) is 13.1. The molecule has 0 aromatic heterocycles. The largest absolute Gasteiger partial charge is 0.390 e. The van der Waals surface area contributed by atoms with Gasteiger partial charge in [-0.3, -0.25) is 0 Å². The molecule has 0 unspecified atom stereocenters. The van der Waals surface area contributed by atoms with Gasteiger partial charge in [-0.05, 0) is 25.5 Å². The van der Waals surface area contributed by atoms with Crippen molar-refractivity contribution in [3.8, 4) is 0 Å². The van der Waals surface area contributed by atoms with Gasteiger partial charge in [0.15, 0.2) is 9.84 Å². The van der Waals surface area contributed by atoms with Gasteiger partial charge in [-0.15, -0.1) is 0 Å². The molecule has 0 amide bonds. The van der Waals surface area contributed by atoms with Crippen LogP contribution in [0.5, 0.6) is 0 Å². The van der Waals surface area contributed by atoms with Crippen molar-refractivity contribution < 1.29 is 21.9 Å². The van der Waals surface area contributed by atoms with E-state index in [0.717, 1.165) is 9.87 Å². The molecule has 0 bridgehead atoms. The van der Waals surface area contributed by atoms with Crippen LogP contribution in [0.2, 0.25) is 0 Å². The van der Waals surface area contributed by atoms with Gasteiger partial charge in [-0.1, -0.05) is 17.7 Å². The molecule has 0 saturated carbocycles. The van der Waals surface area contributed by atoms with Crippen LogP contribution in [0.15, 0.2) is 23.1 Å². The Kier molecular flexibility index (Phi) is 5.17. The molecule has 1 aromatic rings. The highest BCUT2D eigenvalue weighted by molar-refractivity contribution is 7.92. The van der Waals surface area contributed by atoms with E-state index in [4.69, 9.17) is 5.73 Å². The van der Waals surface area contributed by atoms with Gasteiger partial charge in [-0.25, -0.2) is 16.8 Å². The van der Waals surface area contributed by atoms with Crippen LogP contribution in [-0.4, -0.2) is 63.0 Å². The fourth-order valence-corrected chi connectivity index (χ4v) is 6.66. The van der Waals surface area contributed by atoms with E-state index in [9.17, 15) is 21.9 Å². The first-order chi connectivity index (χ1) is 10.6. The molecule has 0 radical (unpaired) electrons. The van der Waals surface area contributed by atoms with Gasteiger partial charge in [0.05, 0.1) is 28.5 Å². The molecule has 1 aliphatic rings. The van der Waals surface area contributed by atoms with Crippen LogP contribution in [-0.2, 0) is 19.9 Å². The molecule has 3 N–H and O–H groups in total. The topological polar surface area (TPSA) is 118 Å². The maximum absolute atomic E-state index is 13.0. The van der Waals surface area contributed by atoms with Gasteiger partial charge in [-0.2, -0.15) is 4.31 Å². The van der Waals surface area contributed by atoms with E-state index in [1.54, 1.807) is 19.1 Å². The fourth-order valence-electron chi connectivity index (χ4n) is 2.89. The predicted octanol–water partition coefficient (Wildman–Crippen LogP) is -0.589. The Balaban J connectivity index is 2.48. The van der Waals surface area contributed by atoms with Crippen LogP contribution in [0.25, 0.3) is 0 Å². The van der Waals surface area contributed by atoms with Crippen LogP contribution >= 0.6 is 0 Å². The van der Waals surface area contributed by atoms with E-state index in [0.29, 0.717) is 5.56 Å². The lowest BCUT2D eigenvalue weighted by Crippen LogP contribution is -2.48. The van der Waals surface area contributed by atoms with Gasteiger partial charge < -0.3 is 10.8 Å². The summed E-state index contributed by atoms with van der Waals surface area (Å²) < 4.78 is 50.4. The molecule has 9 heteroatoms. The number of rotatable bonds is 5. The second-order valence-electron chi connectivity index (χ2n) is 5.88. The van der Waals surface area contributed by atoms with E-state index in [2.05, 4.69) is 0 Å². The third kappa shape index (κ3) is 3.74. The Morgan fingerprint density at radius 2 is 1.96 bits per heavy atom. The number of nitrogens with zero attached hydrogens (tertiary/aromatic N) is 1. The van der Waals surface area contributed by atoms with Crippen LogP contribution in [0, 0.1) is 13.8 Å². The third-order valence-electron chi connectivity index (χ3n) is 3.93. The standard InChI is InChI=1S/C14H22N2O5S2/c1-10-3-4-14(11(2)7-10)23(20,21)16(6-5-15)12-8-22(18,19)9-13(12)17/h3-4,7,12-13,17H,5-6,8-9,15H2,1-2H3/t12-,13-/m1/s1. The molecule has 1 fully saturated rings. The normalized spacial score (nSPS) is 24.2. The minimum Gasteiger partial charge on any atom is -0.390 e. The van der Waals surface area contributed by atoms with E-state index < -0.39 is 43.5 Å². The van der Waals surface area contributed by atoms with Gasteiger partial charge in [0.1, 0.15) is 0 Å². The van der Waals surface area contributed by atoms with Crippen LogP contribution in [0.1, 0.15) is 11.1 Å². The molecule has 2 rings (SSSR count). The zero-order chi connectivity index (χ0) is 17.4. The van der Waals surface area contributed by atoms with Crippen LogP contribution in [0.3, 0.4) is 0 Å². The first-order valence-electron chi connectivity index (χ1n) is 7.26. The van der Waals surface area contributed by atoms with Crippen LogP contribution in [0.4, 0.5) is 0 Å². The van der Waals surface area contributed by atoms with Crippen molar-refractivity contribution in [2.24, 2.45) is 5.73 Å². The Morgan fingerprint density at radius 3 is 2.43 bits per heavy atom. The summed E-state index contributed by atoms with van der Waals surface area (Å²) >= 11 is 0. The summed E-state index contributed by atoms with van der Waals surface area (Å²) in [5.74, 6) is -0.820. The molecule has 1 aliphatic heterocycles. The molecule has 2 atom stereocenters. The molecule has 1 aromatic carbocycles. The summed E-state index contributed by atoms with van der Waals surface area (Å²) in [5, 5.41) is 10.0. The Hall–Kier alpha value is -1.00. The first-order valence-corrected chi connectivity index (χ1v) is 10.5. The highest BCUT2D eigenvalue weighted by Gasteiger charge is 2.44. The second-order valence-corrected chi connectivity index (χ2v) is 9.90. The fraction of sp³-hybridized carbons (Fsp3) is 0.571. The van der Waals surface area contributed by atoms with Gasteiger partial charge in [0.2, 0.25) is 10.0 Å². The maximum atomic E-state index is 13.0. The molecule has 0 aliphatic carbocycles. The van der Waals surface area contributed by atoms with Crippen molar-refractivity contribution in [3.05, 3.63) is 29.3 Å². The number of aliphatic hydroxyl groups is 1. The monoisotopic (exact) mass is 362 g/mol. The number of nitrogens with two attached hydrogens (primary N) is 1. The highest BCUT2D eigenvalue weighted by Crippen LogP contribution is 2.27. The molecular weight excluding hydrogens is 340 g/mol. The van der Waals surface area contributed by atoms with Crippen molar-refractivity contribution in [1.82, 2.24) is 4.31 Å². The first kappa shape index (κ1) is 18.3. The molecule has 1 saturated heterocycles. The minimum absolute atomic E-state index is 0.0351. The van der Waals surface area contributed by atoms with Gasteiger partial charge in [0.25, 0.3) is 0 Å². The molecule has 23 heavy (non-hydrogen) atoms. The summed E-state index contributed by atoms with van der Waals surface area (Å²) in [6.45, 7) is 3.52. The summed E-state index contributed by atoms with van der Waals surface area (Å²) in [6, 6.07) is 3.92. The van der Waals surface area contributed by atoms with Crippen molar-refractivity contribution in [2.75, 3.05) is 24.6 Å². The van der Waals surface area contributed by atoms with Crippen molar-refractivity contribution in [1.29, 1.82) is 0 Å². The lowest BCUT2D eigenvalue weighted by molar-refractivity contribution is 0.129. The van der Waals surface area contributed by atoms with E-state index in [1.807, 2.05) is 6.92 Å². The average Bonchev–Trinajstić information content (AvgIpc) is 2.68. The van der Waals surface area contributed by atoms with Gasteiger partial charge in [0, 0.05) is 13.1 Å². The number of hydrogen-bond donors (Lipinski definition) is 2. The number of benzene rings is 1. The maximum Gasteiger partial charge on any atom is 0.243 e. The highest BCUT2D eigenvalue weighted by atomic mass is 32.2. The predicted molar refractivity (Wildman–Crippen MR) is 87.3 cm³/mol. The Bertz CT molecular complexity index is 789. The third-order valence-corrected chi connectivity index (χ3v) is 7.71. The lowest BCUT2D eigenvalue weighted by Gasteiger charge is -2.29. The van der Waals surface area contributed by atoms with Crippen molar-refractivity contribution >= 4 is 19.9 Å². The van der Waals surface area contributed by atoms with E-state index in [-0.39, 0.29) is 18.0 Å². The number of aryl methyl sites for hydroxylation is 2. The van der Waals surface area contributed by atoms with E-state index >= 15 is 0 Å². The van der Waals surface area contributed by atoms with Gasteiger partial charge >= 0.3 is 0 Å². The Labute approximate surface area is 137 Å². The number of sulfone groups is 1. The van der Waals surface area contributed by atoms with Crippen LogP contribution < -0.4 is 5.73 Å². The smallest absolute Gasteiger partial charge is 0.243 e. The molecular formula is C14H22N2O5S2. The molecule has 1 heterocycles. The van der Waals surface area contributed by atoms with Crippen molar-refractivity contribution in [3.63, 3.8) is 0 Å². The number of aliphatic hydroxyl groups excluding tert-OH is 1. The summed E-state index contributed by atoms with van der Waals surface area (Å²) in [4.78, 5) is 0.105. The summed E-state index contributed by atoms with van der Waals surface area (Å²) in [5.41, 5.74) is 7.01. The average molecular weight is 362 g/mol. The molecule has 7 nitrogen and oxygen atoms in total. The lowest BCUT2D eigenvalue weighted by atomic mass is 10.2. The summed E-state index contributed by atoms with van der Waals surface area (Å²) in [7, 11) is -7.41. The molecule has 0 spiro atoms. The summed E-state index contributed by atoms with van der Waals surface area (Å²) in [6.07, 6.45) is -1.24. The molecule has 130 valence electrons. The van der Waals surface area contributed by atoms with Crippen molar-refractivity contribution in [2.45, 2.75) is 30.9 Å². The second kappa shape index (κ2) is 6.48. The SMILES string of the molecule is Cc1ccc(S(=O)(=O)N(CCN)[C@@H]2CS(=O)(=O)C[C@H]2O)c(C)c1. The Morgan fingerprint density at radius 1 is 1.30 bits per heavy atom. The van der Waals surface area contributed by atoms with E-state index in [1.165, 1.54) is 6.07 Å². The minimum atomic E-state index is -3.95. The quantitative estimate of drug-likeness (QED) is 0.723. The zero-order valence-corrected chi connectivity index (χ0v) is 14.8. The number of hydrogen-bond acceptors (Lipinski definition) is 6.